The number of nitrogens with one attached hydrogen (secondary N) is 1. The van der Waals surface area contributed by atoms with E-state index in [4.69, 9.17) is 0 Å². The lowest BCUT2D eigenvalue weighted by Gasteiger charge is -2.09. The van der Waals surface area contributed by atoms with Gasteiger partial charge in [0.2, 0.25) is 5.95 Å². The lowest BCUT2D eigenvalue weighted by molar-refractivity contribution is 1.07. The molecule has 0 aliphatic carbocycles. The van der Waals surface area contributed by atoms with Gasteiger partial charge in [0, 0.05) is 18.3 Å². The number of benzene rings is 2. The van der Waals surface area contributed by atoms with Gasteiger partial charge in [0.1, 0.15) is 0 Å². The summed E-state index contributed by atoms with van der Waals surface area (Å²) in [6.07, 6.45) is 1.87. The molecule has 0 atom stereocenters. The van der Waals surface area contributed by atoms with Crippen LogP contribution in [-0.2, 0) is 0 Å². The molecule has 100 valence electrons. The Labute approximate surface area is 118 Å². The third kappa shape index (κ3) is 2.35. The molecule has 0 aliphatic heterocycles. The highest BCUT2D eigenvalue weighted by atomic mass is 15.1. The molecule has 1 heterocycles. The molecule has 0 aliphatic rings. The van der Waals surface area contributed by atoms with Crippen LogP contribution in [0, 0.1) is 6.92 Å². The summed E-state index contributed by atoms with van der Waals surface area (Å²) in [5.41, 5.74) is 3.20. The molecule has 0 unspecified atom stereocenters. The summed E-state index contributed by atoms with van der Waals surface area (Å²) in [5.74, 6) is 0.682. The van der Waals surface area contributed by atoms with Gasteiger partial charge in [-0.3, -0.25) is 0 Å². The summed E-state index contributed by atoms with van der Waals surface area (Å²) in [6, 6.07) is 14.8. The van der Waals surface area contributed by atoms with Crippen LogP contribution in [0.4, 0.5) is 5.95 Å². The molecule has 0 fully saturated rings. The predicted molar refractivity (Wildman–Crippen MR) is 83.9 cm³/mol. The normalized spacial score (nSPS) is 10.7. The number of anilines is 1. The van der Waals surface area contributed by atoms with Crippen molar-refractivity contribution >= 4 is 16.7 Å². The van der Waals surface area contributed by atoms with Crippen LogP contribution >= 0.6 is 0 Å². The van der Waals surface area contributed by atoms with E-state index in [1.807, 2.05) is 20.0 Å². The van der Waals surface area contributed by atoms with Crippen LogP contribution in [0.1, 0.15) is 12.5 Å². The first-order chi connectivity index (χ1) is 9.78. The summed E-state index contributed by atoms with van der Waals surface area (Å²) in [4.78, 5) is 8.91. The van der Waals surface area contributed by atoms with E-state index in [1.54, 1.807) is 0 Å². The summed E-state index contributed by atoms with van der Waals surface area (Å²) < 4.78 is 0. The van der Waals surface area contributed by atoms with Gasteiger partial charge in [0.15, 0.2) is 0 Å². The average Bonchev–Trinajstić information content (AvgIpc) is 2.49. The maximum atomic E-state index is 4.62. The van der Waals surface area contributed by atoms with Crippen LogP contribution in [0.5, 0.6) is 0 Å². The zero-order valence-electron chi connectivity index (χ0n) is 11.7. The van der Waals surface area contributed by atoms with E-state index in [9.17, 15) is 0 Å². The monoisotopic (exact) mass is 263 g/mol. The molecule has 0 spiro atoms. The van der Waals surface area contributed by atoms with E-state index in [2.05, 4.69) is 57.7 Å². The Morgan fingerprint density at radius 3 is 2.65 bits per heavy atom. The van der Waals surface area contributed by atoms with Crippen molar-refractivity contribution in [2.75, 3.05) is 11.9 Å². The smallest absolute Gasteiger partial charge is 0.223 e. The molecule has 1 N–H and O–H groups in total. The minimum Gasteiger partial charge on any atom is -0.354 e. The third-order valence-corrected chi connectivity index (χ3v) is 3.33. The van der Waals surface area contributed by atoms with Crippen LogP contribution < -0.4 is 5.32 Å². The van der Waals surface area contributed by atoms with Gasteiger partial charge < -0.3 is 5.32 Å². The Morgan fingerprint density at radius 2 is 1.85 bits per heavy atom. The molecule has 0 radical (unpaired) electrons. The quantitative estimate of drug-likeness (QED) is 0.775. The second-order valence-corrected chi connectivity index (χ2v) is 4.82. The van der Waals surface area contributed by atoms with Gasteiger partial charge in [-0.25, -0.2) is 9.97 Å². The topological polar surface area (TPSA) is 37.8 Å². The molecule has 3 heteroatoms. The first kappa shape index (κ1) is 12.6. The van der Waals surface area contributed by atoms with Crippen molar-refractivity contribution in [3.05, 3.63) is 54.2 Å². The SMILES string of the molecule is CCNc1ncc(C)c(-c2ccc3ccccc3c2)n1. The van der Waals surface area contributed by atoms with Crippen LogP contribution in [0.15, 0.2) is 48.7 Å². The van der Waals surface area contributed by atoms with Crippen LogP contribution in [0.3, 0.4) is 0 Å². The van der Waals surface area contributed by atoms with Crippen molar-refractivity contribution in [3.8, 4) is 11.3 Å². The van der Waals surface area contributed by atoms with Crippen molar-refractivity contribution < 1.29 is 0 Å². The molecule has 3 aromatic rings. The van der Waals surface area contributed by atoms with Crippen LogP contribution in [0.25, 0.3) is 22.0 Å². The average molecular weight is 263 g/mol. The second-order valence-electron chi connectivity index (χ2n) is 4.82. The van der Waals surface area contributed by atoms with E-state index in [0.717, 1.165) is 23.4 Å². The second kappa shape index (κ2) is 5.29. The van der Waals surface area contributed by atoms with Gasteiger partial charge in [-0.05, 0) is 36.2 Å². The van der Waals surface area contributed by atoms with Gasteiger partial charge in [-0.15, -0.1) is 0 Å². The molecule has 3 nitrogen and oxygen atoms in total. The van der Waals surface area contributed by atoms with Gasteiger partial charge in [-0.2, -0.15) is 0 Å². The lowest BCUT2D eigenvalue weighted by atomic mass is 10.0. The Morgan fingerprint density at radius 1 is 1.05 bits per heavy atom. The number of hydrogen-bond acceptors (Lipinski definition) is 3. The molecular weight excluding hydrogens is 246 g/mol. The summed E-state index contributed by atoms with van der Waals surface area (Å²) >= 11 is 0. The Hall–Kier alpha value is -2.42. The van der Waals surface area contributed by atoms with Crippen molar-refractivity contribution in [3.63, 3.8) is 0 Å². The minimum atomic E-state index is 0.682. The van der Waals surface area contributed by atoms with Crippen LogP contribution in [0.2, 0.25) is 0 Å². The molecule has 3 rings (SSSR count). The van der Waals surface area contributed by atoms with Crippen molar-refractivity contribution in [1.29, 1.82) is 0 Å². The molecule has 0 amide bonds. The third-order valence-electron chi connectivity index (χ3n) is 3.33. The van der Waals surface area contributed by atoms with E-state index >= 15 is 0 Å². The maximum Gasteiger partial charge on any atom is 0.223 e. The first-order valence-electron chi connectivity index (χ1n) is 6.84. The Bertz CT molecular complexity index is 750. The molecule has 0 saturated heterocycles. The summed E-state index contributed by atoms with van der Waals surface area (Å²) in [7, 11) is 0. The zero-order valence-corrected chi connectivity index (χ0v) is 11.7. The van der Waals surface area contributed by atoms with Gasteiger partial charge in [0.25, 0.3) is 0 Å². The van der Waals surface area contributed by atoms with Gasteiger partial charge in [0.05, 0.1) is 5.69 Å². The molecule has 0 bridgehead atoms. The van der Waals surface area contributed by atoms with Crippen LogP contribution in [-0.4, -0.2) is 16.5 Å². The number of rotatable bonds is 3. The Kier molecular flexibility index (Phi) is 3.33. The van der Waals surface area contributed by atoms with Crippen molar-refractivity contribution in [1.82, 2.24) is 9.97 Å². The predicted octanol–water partition coefficient (Wildman–Crippen LogP) is 4.04. The number of fused-ring (bicyclic) bond motifs is 1. The largest absolute Gasteiger partial charge is 0.354 e. The fourth-order valence-corrected chi connectivity index (χ4v) is 2.31. The number of aryl methyl sites for hydroxylation is 1. The maximum absolute atomic E-state index is 4.62. The highest BCUT2D eigenvalue weighted by Gasteiger charge is 2.07. The number of nitrogens with zero attached hydrogens (tertiary/aromatic N) is 2. The molecule has 20 heavy (non-hydrogen) atoms. The molecular formula is C17H17N3. The van der Waals surface area contributed by atoms with Crippen molar-refractivity contribution in [2.24, 2.45) is 0 Å². The van der Waals surface area contributed by atoms with E-state index < -0.39 is 0 Å². The van der Waals surface area contributed by atoms with E-state index in [1.165, 1.54) is 10.8 Å². The first-order valence-corrected chi connectivity index (χ1v) is 6.84. The lowest BCUT2D eigenvalue weighted by Crippen LogP contribution is -2.03. The van der Waals surface area contributed by atoms with Crippen molar-refractivity contribution in [2.45, 2.75) is 13.8 Å². The fourth-order valence-electron chi connectivity index (χ4n) is 2.31. The number of aromatic nitrogens is 2. The fraction of sp³-hybridized carbons (Fsp3) is 0.176. The van der Waals surface area contributed by atoms with Gasteiger partial charge >= 0.3 is 0 Å². The molecule has 2 aromatic carbocycles. The number of hydrogen-bond donors (Lipinski definition) is 1. The highest BCUT2D eigenvalue weighted by Crippen LogP contribution is 2.25. The van der Waals surface area contributed by atoms with E-state index in [-0.39, 0.29) is 0 Å². The highest BCUT2D eigenvalue weighted by molar-refractivity contribution is 5.87. The molecule has 1 aromatic heterocycles. The standard InChI is InChI=1S/C17H17N3/c1-3-18-17-19-11-12(2)16(20-17)15-9-8-13-6-4-5-7-14(13)10-15/h4-11H,3H2,1-2H3,(H,18,19,20). The zero-order chi connectivity index (χ0) is 13.9. The molecule has 0 saturated carbocycles. The minimum absolute atomic E-state index is 0.682. The Balaban J connectivity index is 2.12. The van der Waals surface area contributed by atoms with E-state index in [0.29, 0.717) is 5.95 Å². The summed E-state index contributed by atoms with van der Waals surface area (Å²) in [6.45, 7) is 4.90. The van der Waals surface area contributed by atoms with Gasteiger partial charge in [-0.1, -0.05) is 36.4 Å². The summed E-state index contributed by atoms with van der Waals surface area (Å²) in [5, 5.41) is 5.63.